The van der Waals surface area contributed by atoms with Crippen molar-refractivity contribution in [1.82, 2.24) is 10.2 Å². The molecule has 0 aliphatic carbocycles. The predicted molar refractivity (Wildman–Crippen MR) is 98.7 cm³/mol. The fourth-order valence-electron chi connectivity index (χ4n) is 2.14. The van der Waals surface area contributed by atoms with Crippen LogP contribution in [-0.2, 0) is 6.54 Å². The van der Waals surface area contributed by atoms with E-state index in [9.17, 15) is 13.6 Å². The Morgan fingerprint density at radius 1 is 1.30 bits per heavy atom. The number of nitrogens with zero attached hydrogens (tertiary/aromatic N) is 2. The van der Waals surface area contributed by atoms with Gasteiger partial charge in [-0.15, -0.1) is 10.2 Å². The molecule has 142 valence electrons. The summed E-state index contributed by atoms with van der Waals surface area (Å²) in [5.41, 5.74) is 0.414. The lowest BCUT2D eigenvalue weighted by atomic mass is 10.1. The van der Waals surface area contributed by atoms with Crippen LogP contribution in [0.25, 0.3) is 0 Å². The van der Waals surface area contributed by atoms with Crippen LogP contribution in [0.3, 0.4) is 0 Å². The summed E-state index contributed by atoms with van der Waals surface area (Å²) in [6, 6.07) is 9.28. The predicted octanol–water partition coefficient (Wildman–Crippen LogP) is 4.71. The monoisotopic (exact) mass is 411 g/mol. The highest BCUT2D eigenvalue weighted by atomic mass is 32.2. The molecule has 0 saturated carbocycles. The zero-order valence-corrected chi connectivity index (χ0v) is 15.7. The van der Waals surface area contributed by atoms with Gasteiger partial charge >= 0.3 is 6.61 Å². The molecule has 0 fully saturated rings. The summed E-state index contributed by atoms with van der Waals surface area (Å²) in [6.45, 7) is -0.643. The van der Waals surface area contributed by atoms with Crippen molar-refractivity contribution in [3.8, 4) is 5.75 Å². The molecule has 2 aromatic heterocycles. The van der Waals surface area contributed by atoms with Crippen molar-refractivity contribution >= 4 is 34.0 Å². The number of aromatic nitrogens is 2. The zero-order valence-electron chi connectivity index (χ0n) is 14.1. The molecule has 1 aromatic carbocycles. The van der Waals surface area contributed by atoms with Crippen LogP contribution in [0.5, 0.6) is 5.75 Å². The van der Waals surface area contributed by atoms with Gasteiger partial charge in [0.1, 0.15) is 11.5 Å². The van der Waals surface area contributed by atoms with Crippen molar-refractivity contribution in [3.63, 3.8) is 0 Å². The number of thioether (sulfide) groups is 1. The van der Waals surface area contributed by atoms with E-state index in [1.807, 2.05) is 6.07 Å². The maximum absolute atomic E-state index is 12.5. The normalized spacial score (nSPS) is 12.1. The van der Waals surface area contributed by atoms with E-state index in [1.54, 1.807) is 19.3 Å². The van der Waals surface area contributed by atoms with Crippen molar-refractivity contribution in [2.75, 3.05) is 5.32 Å². The number of hydrogen-bond donors (Lipinski definition) is 1. The fourth-order valence-corrected chi connectivity index (χ4v) is 4.11. The average Bonchev–Trinajstić information content (AvgIpc) is 3.31. The van der Waals surface area contributed by atoms with Gasteiger partial charge in [0.15, 0.2) is 10.1 Å². The minimum Gasteiger partial charge on any atom is -0.467 e. The molecule has 1 atom stereocenters. The van der Waals surface area contributed by atoms with E-state index in [0.717, 1.165) is 5.76 Å². The second kappa shape index (κ2) is 8.96. The van der Waals surface area contributed by atoms with Crippen LogP contribution in [0.2, 0.25) is 0 Å². The van der Waals surface area contributed by atoms with Gasteiger partial charge in [-0.05, 0) is 43.3 Å². The first-order valence-electron chi connectivity index (χ1n) is 7.87. The number of furan rings is 1. The third kappa shape index (κ3) is 5.51. The molecule has 3 rings (SSSR count). The van der Waals surface area contributed by atoms with Crippen molar-refractivity contribution < 1.29 is 22.7 Å². The van der Waals surface area contributed by atoms with Crippen LogP contribution in [0.15, 0.2) is 51.4 Å². The Morgan fingerprint density at radius 2 is 2.07 bits per heavy atom. The molecular weight excluding hydrogens is 396 g/mol. The number of carbonyl (C=O) groups is 1. The summed E-state index contributed by atoms with van der Waals surface area (Å²) in [4.78, 5) is 12.5. The van der Waals surface area contributed by atoms with E-state index in [2.05, 4.69) is 20.3 Å². The van der Waals surface area contributed by atoms with E-state index in [4.69, 9.17) is 4.42 Å². The lowest BCUT2D eigenvalue weighted by Gasteiger charge is -2.09. The van der Waals surface area contributed by atoms with E-state index >= 15 is 0 Å². The number of carbonyl (C=O) groups excluding carboxylic acids is 1. The summed E-state index contributed by atoms with van der Waals surface area (Å²) >= 11 is 2.62. The van der Waals surface area contributed by atoms with Gasteiger partial charge < -0.3 is 14.5 Å². The van der Waals surface area contributed by atoms with Gasteiger partial charge in [0.25, 0.3) is 0 Å². The lowest BCUT2D eigenvalue weighted by Crippen LogP contribution is -2.13. The zero-order chi connectivity index (χ0) is 19.2. The van der Waals surface area contributed by atoms with E-state index in [1.165, 1.54) is 47.4 Å². The van der Waals surface area contributed by atoms with Crippen molar-refractivity contribution in [3.05, 3.63) is 54.0 Å². The Hall–Kier alpha value is -2.46. The molecule has 3 aromatic rings. The number of halogens is 2. The topological polar surface area (TPSA) is 77.3 Å². The number of benzene rings is 1. The first-order valence-corrected chi connectivity index (χ1v) is 9.56. The standard InChI is InChI=1S/C17H15F2N3O3S2/c1-10(14(23)11-4-6-12(7-5-11)25-15(18)19)26-17-22-21-16(27-17)20-9-13-3-2-8-24-13/h2-8,10,15H,9H2,1H3,(H,20,21)/t10-/m1/s1. The molecule has 0 amide bonds. The molecule has 6 nitrogen and oxygen atoms in total. The van der Waals surface area contributed by atoms with Crippen molar-refractivity contribution in [2.45, 2.75) is 29.7 Å². The summed E-state index contributed by atoms with van der Waals surface area (Å²) in [5, 5.41) is 11.4. The summed E-state index contributed by atoms with van der Waals surface area (Å²) in [5.74, 6) is 0.657. The molecular formula is C17H15F2N3O3S2. The molecule has 0 saturated heterocycles. The van der Waals surface area contributed by atoms with Gasteiger partial charge in [0.2, 0.25) is 5.13 Å². The second-order valence-corrected chi connectivity index (χ2v) is 7.90. The Morgan fingerprint density at radius 3 is 2.74 bits per heavy atom. The van der Waals surface area contributed by atoms with Gasteiger partial charge in [-0.1, -0.05) is 23.1 Å². The number of ether oxygens (including phenoxy) is 1. The Balaban J connectivity index is 1.55. The number of hydrogen-bond acceptors (Lipinski definition) is 8. The van der Waals surface area contributed by atoms with Crippen molar-refractivity contribution in [2.24, 2.45) is 0 Å². The molecule has 0 spiro atoms. The molecule has 0 radical (unpaired) electrons. The first kappa shape index (κ1) is 19.3. The number of alkyl halides is 2. The molecule has 0 aliphatic rings. The number of ketones is 1. The fraction of sp³-hybridized carbons (Fsp3) is 0.235. The number of rotatable bonds is 9. The average molecular weight is 411 g/mol. The van der Waals surface area contributed by atoms with Gasteiger partial charge in [-0.2, -0.15) is 8.78 Å². The van der Waals surface area contributed by atoms with E-state index < -0.39 is 11.9 Å². The third-order valence-electron chi connectivity index (χ3n) is 3.41. The lowest BCUT2D eigenvalue weighted by molar-refractivity contribution is -0.0498. The van der Waals surface area contributed by atoms with Gasteiger partial charge in [-0.3, -0.25) is 4.79 Å². The van der Waals surface area contributed by atoms with Gasteiger partial charge in [0.05, 0.1) is 18.1 Å². The third-order valence-corrected chi connectivity index (χ3v) is 5.48. The molecule has 2 heterocycles. The van der Waals surface area contributed by atoms with Crippen LogP contribution in [0.1, 0.15) is 23.0 Å². The summed E-state index contributed by atoms with van der Waals surface area (Å²) < 4.78 is 34.5. The van der Waals surface area contributed by atoms with E-state index in [0.29, 0.717) is 21.6 Å². The molecule has 10 heteroatoms. The minimum absolute atomic E-state index is 0.0123. The molecule has 0 bridgehead atoms. The second-order valence-electron chi connectivity index (χ2n) is 5.33. The van der Waals surface area contributed by atoms with E-state index in [-0.39, 0.29) is 11.5 Å². The molecule has 0 unspecified atom stereocenters. The Bertz CT molecular complexity index is 870. The Labute approximate surface area is 161 Å². The number of anilines is 1. The van der Waals surface area contributed by atoms with Gasteiger partial charge in [-0.25, -0.2) is 0 Å². The maximum Gasteiger partial charge on any atom is 0.387 e. The highest BCUT2D eigenvalue weighted by Gasteiger charge is 2.19. The quantitative estimate of drug-likeness (QED) is 0.404. The minimum atomic E-state index is -2.89. The van der Waals surface area contributed by atoms with Crippen LogP contribution >= 0.6 is 23.1 Å². The SMILES string of the molecule is C[C@@H](Sc1nnc(NCc2ccco2)s1)C(=O)c1ccc(OC(F)F)cc1. The largest absolute Gasteiger partial charge is 0.467 e. The maximum atomic E-state index is 12.5. The molecule has 27 heavy (non-hydrogen) atoms. The van der Waals surface area contributed by atoms with Crippen LogP contribution in [0, 0.1) is 0 Å². The summed E-state index contributed by atoms with van der Waals surface area (Å²) in [6.07, 6.45) is 1.60. The van der Waals surface area contributed by atoms with Crippen molar-refractivity contribution in [1.29, 1.82) is 0 Å². The molecule has 1 N–H and O–H groups in total. The van der Waals surface area contributed by atoms with Crippen LogP contribution in [0.4, 0.5) is 13.9 Å². The van der Waals surface area contributed by atoms with Gasteiger partial charge in [0, 0.05) is 5.56 Å². The first-order chi connectivity index (χ1) is 13.0. The Kier molecular flexibility index (Phi) is 6.40. The highest BCUT2D eigenvalue weighted by Crippen LogP contribution is 2.31. The summed E-state index contributed by atoms with van der Waals surface area (Å²) in [7, 11) is 0. The number of nitrogens with one attached hydrogen (secondary N) is 1. The molecule has 0 aliphatic heterocycles. The van der Waals surface area contributed by atoms with Crippen LogP contribution in [-0.4, -0.2) is 27.8 Å². The highest BCUT2D eigenvalue weighted by molar-refractivity contribution is 8.02. The smallest absolute Gasteiger partial charge is 0.387 e. The van der Waals surface area contributed by atoms with Crippen LogP contribution < -0.4 is 10.1 Å². The number of Topliss-reactive ketones (excluding diaryl/α,β-unsaturated/α-hetero) is 1.